The Bertz CT molecular complexity index is 1010. The minimum Gasteiger partial charge on any atom is -0.352 e. The highest BCUT2D eigenvalue weighted by Crippen LogP contribution is 2.24. The zero-order valence-electron chi connectivity index (χ0n) is 15.7. The monoisotopic (exact) mass is 388 g/mol. The Kier molecular flexibility index (Phi) is 5.20. The van der Waals surface area contributed by atoms with Gasteiger partial charge in [0.05, 0.1) is 24.0 Å². The molecule has 0 saturated carbocycles. The standard InChI is InChI=1S/C22H20N4O3/c27-20(24-10-3-12-25-13-11-23-15-25)17-8-6-16(7-9-17)14-26-21(28)18-4-1-2-5-19(18)22(26)29/h1-2,4-9,11,13,15H,3,10,12,14H2,(H,24,27). The molecule has 1 aliphatic rings. The number of carbonyl (C=O) groups excluding carboxylic acids is 3. The lowest BCUT2D eigenvalue weighted by atomic mass is 10.1. The molecule has 2 aromatic carbocycles. The van der Waals surface area contributed by atoms with E-state index in [1.54, 1.807) is 61.1 Å². The lowest BCUT2D eigenvalue weighted by molar-refractivity contribution is 0.0641. The average Bonchev–Trinajstić information content (AvgIpc) is 3.35. The molecule has 0 aliphatic carbocycles. The van der Waals surface area contributed by atoms with Crippen molar-refractivity contribution in [2.24, 2.45) is 0 Å². The van der Waals surface area contributed by atoms with Gasteiger partial charge in [-0.3, -0.25) is 19.3 Å². The molecule has 0 spiro atoms. The number of imide groups is 1. The second-order valence-electron chi connectivity index (χ2n) is 6.85. The number of aryl methyl sites for hydroxylation is 1. The summed E-state index contributed by atoms with van der Waals surface area (Å²) >= 11 is 0. The van der Waals surface area contributed by atoms with Crippen LogP contribution in [0.5, 0.6) is 0 Å². The van der Waals surface area contributed by atoms with E-state index in [-0.39, 0.29) is 24.3 Å². The molecule has 0 fully saturated rings. The Morgan fingerprint density at radius 3 is 2.28 bits per heavy atom. The van der Waals surface area contributed by atoms with Crippen molar-refractivity contribution in [1.82, 2.24) is 19.8 Å². The van der Waals surface area contributed by atoms with Crippen LogP contribution in [0.25, 0.3) is 0 Å². The normalized spacial score (nSPS) is 12.9. The molecule has 0 radical (unpaired) electrons. The van der Waals surface area contributed by atoms with Gasteiger partial charge in [0.1, 0.15) is 0 Å². The molecule has 0 atom stereocenters. The van der Waals surface area contributed by atoms with Crippen molar-refractivity contribution in [2.45, 2.75) is 19.5 Å². The largest absolute Gasteiger partial charge is 0.352 e. The van der Waals surface area contributed by atoms with Crippen molar-refractivity contribution in [3.63, 3.8) is 0 Å². The number of nitrogens with one attached hydrogen (secondary N) is 1. The number of hydrogen-bond donors (Lipinski definition) is 1. The first-order valence-corrected chi connectivity index (χ1v) is 9.41. The van der Waals surface area contributed by atoms with E-state index in [0.29, 0.717) is 23.2 Å². The second-order valence-corrected chi connectivity index (χ2v) is 6.85. The van der Waals surface area contributed by atoms with E-state index in [1.165, 1.54) is 4.90 Å². The van der Waals surface area contributed by atoms with Crippen LogP contribution in [-0.2, 0) is 13.1 Å². The van der Waals surface area contributed by atoms with Crippen molar-refractivity contribution < 1.29 is 14.4 Å². The number of rotatable bonds is 7. The molecule has 146 valence electrons. The molecule has 0 bridgehead atoms. The summed E-state index contributed by atoms with van der Waals surface area (Å²) in [5.74, 6) is -0.724. The first-order chi connectivity index (χ1) is 14.1. The van der Waals surface area contributed by atoms with Gasteiger partial charge in [-0.25, -0.2) is 4.98 Å². The minimum atomic E-state index is -0.287. The number of carbonyl (C=O) groups is 3. The molecule has 3 amide bonds. The Hall–Kier alpha value is -3.74. The summed E-state index contributed by atoms with van der Waals surface area (Å²) in [4.78, 5) is 42.4. The number of fused-ring (bicyclic) bond motifs is 1. The van der Waals surface area contributed by atoms with E-state index >= 15 is 0 Å². The highest BCUT2D eigenvalue weighted by atomic mass is 16.2. The maximum absolute atomic E-state index is 12.5. The van der Waals surface area contributed by atoms with Crippen LogP contribution >= 0.6 is 0 Å². The van der Waals surface area contributed by atoms with E-state index in [2.05, 4.69) is 10.3 Å². The number of amides is 3. The third-order valence-corrected chi connectivity index (χ3v) is 4.87. The number of imidazole rings is 1. The van der Waals surface area contributed by atoms with Crippen molar-refractivity contribution in [3.8, 4) is 0 Å². The number of aromatic nitrogens is 2. The van der Waals surface area contributed by atoms with Crippen LogP contribution in [0.3, 0.4) is 0 Å². The topological polar surface area (TPSA) is 84.3 Å². The summed E-state index contributed by atoms with van der Waals surface area (Å²) in [6.07, 6.45) is 6.16. The fourth-order valence-corrected chi connectivity index (χ4v) is 3.31. The van der Waals surface area contributed by atoms with Gasteiger partial charge in [0.25, 0.3) is 17.7 Å². The minimum absolute atomic E-state index is 0.150. The van der Waals surface area contributed by atoms with Crippen LogP contribution in [0.15, 0.2) is 67.3 Å². The molecule has 7 heteroatoms. The van der Waals surface area contributed by atoms with Gasteiger partial charge < -0.3 is 9.88 Å². The van der Waals surface area contributed by atoms with Crippen LogP contribution in [0.4, 0.5) is 0 Å². The fraction of sp³-hybridized carbons (Fsp3) is 0.182. The van der Waals surface area contributed by atoms with Crippen LogP contribution in [0.2, 0.25) is 0 Å². The van der Waals surface area contributed by atoms with Crippen LogP contribution in [0, 0.1) is 0 Å². The van der Waals surface area contributed by atoms with Gasteiger partial charge in [-0.2, -0.15) is 0 Å². The van der Waals surface area contributed by atoms with E-state index < -0.39 is 0 Å². The van der Waals surface area contributed by atoms with Gasteiger partial charge >= 0.3 is 0 Å². The summed E-state index contributed by atoms with van der Waals surface area (Å²) in [7, 11) is 0. The Balaban J connectivity index is 1.32. The highest BCUT2D eigenvalue weighted by molar-refractivity contribution is 6.21. The maximum Gasteiger partial charge on any atom is 0.261 e. The predicted octanol–water partition coefficient (Wildman–Crippen LogP) is 2.50. The average molecular weight is 388 g/mol. The second kappa shape index (κ2) is 8.10. The number of benzene rings is 2. The lowest BCUT2D eigenvalue weighted by Crippen LogP contribution is -2.29. The summed E-state index contributed by atoms with van der Waals surface area (Å²) in [6, 6.07) is 13.8. The first kappa shape index (κ1) is 18.6. The van der Waals surface area contributed by atoms with Gasteiger partial charge in [0.15, 0.2) is 0 Å². The van der Waals surface area contributed by atoms with Crippen molar-refractivity contribution in [3.05, 3.63) is 89.5 Å². The smallest absolute Gasteiger partial charge is 0.261 e. The molecule has 0 saturated heterocycles. The Morgan fingerprint density at radius 1 is 0.966 bits per heavy atom. The molecule has 1 aliphatic heterocycles. The Labute approximate surface area is 168 Å². The molecule has 3 aromatic rings. The zero-order valence-corrected chi connectivity index (χ0v) is 15.7. The number of nitrogens with zero attached hydrogens (tertiary/aromatic N) is 3. The van der Waals surface area contributed by atoms with Crippen LogP contribution in [-0.4, -0.2) is 38.7 Å². The molecule has 1 aromatic heterocycles. The third kappa shape index (κ3) is 3.94. The lowest BCUT2D eigenvalue weighted by Gasteiger charge is -2.14. The maximum atomic E-state index is 12.5. The highest BCUT2D eigenvalue weighted by Gasteiger charge is 2.34. The third-order valence-electron chi connectivity index (χ3n) is 4.87. The van der Waals surface area contributed by atoms with E-state index in [0.717, 1.165) is 18.5 Å². The van der Waals surface area contributed by atoms with Gasteiger partial charge in [-0.15, -0.1) is 0 Å². The molecule has 4 rings (SSSR count). The SMILES string of the molecule is O=C(NCCCn1ccnc1)c1ccc(CN2C(=O)c3ccccc3C2=O)cc1. The quantitative estimate of drug-likeness (QED) is 0.498. The van der Waals surface area contributed by atoms with Gasteiger partial charge in [-0.05, 0) is 36.2 Å². The van der Waals surface area contributed by atoms with Crippen LogP contribution in [0.1, 0.15) is 43.1 Å². The summed E-state index contributed by atoms with van der Waals surface area (Å²) in [6.45, 7) is 1.53. The summed E-state index contributed by atoms with van der Waals surface area (Å²) in [5.41, 5.74) is 2.20. The molecular formula is C22H20N4O3. The van der Waals surface area contributed by atoms with Crippen molar-refractivity contribution >= 4 is 17.7 Å². The number of hydrogen-bond acceptors (Lipinski definition) is 4. The van der Waals surface area contributed by atoms with Crippen molar-refractivity contribution in [1.29, 1.82) is 0 Å². The van der Waals surface area contributed by atoms with Crippen molar-refractivity contribution in [2.75, 3.05) is 6.54 Å². The van der Waals surface area contributed by atoms with E-state index in [9.17, 15) is 14.4 Å². The van der Waals surface area contributed by atoms with Gasteiger partial charge in [0, 0.05) is 31.0 Å². The van der Waals surface area contributed by atoms with Crippen LogP contribution < -0.4 is 5.32 Å². The van der Waals surface area contributed by atoms with Gasteiger partial charge in [-0.1, -0.05) is 24.3 Å². The molecule has 0 unspecified atom stereocenters. The summed E-state index contributed by atoms with van der Waals surface area (Å²) in [5, 5.41) is 2.89. The fourth-order valence-electron chi connectivity index (χ4n) is 3.31. The molecule has 1 N–H and O–H groups in total. The predicted molar refractivity (Wildman–Crippen MR) is 106 cm³/mol. The summed E-state index contributed by atoms with van der Waals surface area (Å²) < 4.78 is 1.96. The molecule has 2 heterocycles. The first-order valence-electron chi connectivity index (χ1n) is 9.41. The van der Waals surface area contributed by atoms with E-state index in [1.807, 2.05) is 10.8 Å². The molecule has 29 heavy (non-hydrogen) atoms. The Morgan fingerprint density at radius 2 is 1.66 bits per heavy atom. The zero-order chi connectivity index (χ0) is 20.2. The van der Waals surface area contributed by atoms with E-state index in [4.69, 9.17) is 0 Å². The molecule has 7 nitrogen and oxygen atoms in total. The molecular weight excluding hydrogens is 368 g/mol. The van der Waals surface area contributed by atoms with Gasteiger partial charge in [0.2, 0.25) is 0 Å².